The molecule has 0 spiro atoms. The van der Waals surface area contributed by atoms with Crippen molar-refractivity contribution in [2.75, 3.05) is 0 Å². The Kier molecular flexibility index (Phi) is 2.59. The van der Waals surface area contributed by atoms with Crippen LogP contribution in [0.5, 0.6) is 0 Å². The normalized spacial score (nSPS) is 17.4. The number of nitrogens with zero attached hydrogens (tertiary/aromatic N) is 1. The fourth-order valence-corrected chi connectivity index (χ4v) is 2.01. The Hall–Kier alpha value is -1.61. The molecule has 90 valence electrons. The number of aliphatic imine (C=N–C) groups is 1. The molecule has 5 heteroatoms. The zero-order chi connectivity index (χ0) is 12.7. The smallest absolute Gasteiger partial charge is 0.211 e. The Morgan fingerprint density at radius 2 is 2.00 bits per heavy atom. The van der Waals surface area contributed by atoms with E-state index in [1.54, 1.807) is 6.92 Å². The van der Waals surface area contributed by atoms with Crippen LogP contribution in [0, 0.1) is 6.92 Å². The van der Waals surface area contributed by atoms with Crippen molar-refractivity contribution in [3.63, 3.8) is 0 Å². The third kappa shape index (κ3) is 2.11. The van der Waals surface area contributed by atoms with Gasteiger partial charge in [-0.1, -0.05) is 6.07 Å². The fraction of sp³-hybridized carbons (Fsp3) is 0.417. The van der Waals surface area contributed by atoms with Gasteiger partial charge >= 0.3 is 6.18 Å². The Balaban J connectivity index is 2.43. The highest BCUT2D eigenvalue weighted by Gasteiger charge is 2.46. The van der Waals surface area contributed by atoms with E-state index in [0.717, 1.165) is 12.1 Å². The number of halogens is 3. The third-order valence-electron chi connectivity index (χ3n) is 3.04. The molecule has 0 amide bonds. The lowest BCUT2D eigenvalue weighted by Crippen LogP contribution is -2.09. The largest absolute Gasteiger partial charge is 0.416 e. The lowest BCUT2D eigenvalue weighted by atomic mass is 9.97. The van der Waals surface area contributed by atoms with Gasteiger partial charge in [0, 0.05) is 0 Å². The van der Waals surface area contributed by atoms with Gasteiger partial charge in [-0.2, -0.15) is 18.2 Å². The quantitative estimate of drug-likeness (QED) is 0.576. The summed E-state index contributed by atoms with van der Waals surface area (Å²) >= 11 is 0. The fourth-order valence-electron chi connectivity index (χ4n) is 2.01. The van der Waals surface area contributed by atoms with Crippen LogP contribution in [-0.2, 0) is 16.5 Å². The number of isocyanates is 1. The molecule has 0 aliphatic heterocycles. The van der Waals surface area contributed by atoms with Crippen LogP contribution < -0.4 is 0 Å². The van der Waals surface area contributed by atoms with Gasteiger partial charge in [-0.05, 0) is 43.0 Å². The van der Waals surface area contributed by atoms with Crippen LogP contribution in [0.25, 0.3) is 0 Å². The maximum atomic E-state index is 12.5. The van der Waals surface area contributed by atoms with Crippen molar-refractivity contribution in [1.29, 1.82) is 0 Å². The minimum Gasteiger partial charge on any atom is -0.211 e. The molecule has 1 aliphatic rings. The molecule has 0 bridgehead atoms. The van der Waals surface area contributed by atoms with E-state index in [0.29, 0.717) is 24.0 Å². The summed E-state index contributed by atoms with van der Waals surface area (Å²) in [5.74, 6) is 0. The average molecular weight is 241 g/mol. The highest BCUT2D eigenvalue weighted by Crippen LogP contribution is 2.50. The Labute approximate surface area is 96.2 Å². The summed E-state index contributed by atoms with van der Waals surface area (Å²) in [4.78, 5) is 14.0. The summed E-state index contributed by atoms with van der Waals surface area (Å²) in [5, 5.41) is 0. The summed E-state index contributed by atoms with van der Waals surface area (Å²) < 4.78 is 37.4. The van der Waals surface area contributed by atoms with Gasteiger partial charge in [-0.15, -0.1) is 0 Å². The Morgan fingerprint density at radius 3 is 2.41 bits per heavy atom. The SMILES string of the molecule is Cc1cc(C(F)(F)F)ccc1C1(N=C=O)CC1. The van der Waals surface area contributed by atoms with Gasteiger partial charge in [0.2, 0.25) is 6.08 Å². The van der Waals surface area contributed by atoms with Crippen LogP contribution >= 0.6 is 0 Å². The lowest BCUT2D eigenvalue weighted by molar-refractivity contribution is -0.137. The molecular weight excluding hydrogens is 231 g/mol. The van der Waals surface area contributed by atoms with Crippen molar-refractivity contribution < 1.29 is 18.0 Å². The highest BCUT2D eigenvalue weighted by atomic mass is 19.4. The molecule has 1 saturated carbocycles. The monoisotopic (exact) mass is 241 g/mol. The van der Waals surface area contributed by atoms with Crippen molar-refractivity contribution in [2.24, 2.45) is 4.99 Å². The van der Waals surface area contributed by atoms with Gasteiger partial charge in [0.1, 0.15) is 0 Å². The molecule has 0 heterocycles. The number of benzene rings is 1. The van der Waals surface area contributed by atoms with E-state index in [1.165, 1.54) is 12.1 Å². The van der Waals surface area contributed by atoms with Crippen LogP contribution in [-0.4, -0.2) is 6.08 Å². The third-order valence-corrected chi connectivity index (χ3v) is 3.04. The van der Waals surface area contributed by atoms with E-state index in [2.05, 4.69) is 4.99 Å². The predicted octanol–water partition coefficient (Wildman–Crippen LogP) is 3.34. The first-order valence-electron chi connectivity index (χ1n) is 5.16. The van der Waals surface area contributed by atoms with Crippen LogP contribution in [0.1, 0.15) is 29.5 Å². The molecule has 0 N–H and O–H groups in total. The van der Waals surface area contributed by atoms with E-state index in [4.69, 9.17) is 0 Å². The van der Waals surface area contributed by atoms with E-state index >= 15 is 0 Å². The molecule has 1 aromatic carbocycles. The molecule has 0 saturated heterocycles. The second-order valence-electron chi connectivity index (χ2n) is 4.26. The van der Waals surface area contributed by atoms with Crippen molar-refractivity contribution >= 4 is 6.08 Å². The zero-order valence-corrected chi connectivity index (χ0v) is 9.14. The van der Waals surface area contributed by atoms with Crippen molar-refractivity contribution in [3.05, 3.63) is 34.9 Å². The molecule has 0 unspecified atom stereocenters. The molecule has 2 nitrogen and oxygen atoms in total. The van der Waals surface area contributed by atoms with Crippen LogP contribution in [0.3, 0.4) is 0 Å². The van der Waals surface area contributed by atoms with Crippen LogP contribution in [0.4, 0.5) is 13.2 Å². The molecule has 1 aromatic rings. The van der Waals surface area contributed by atoms with Crippen molar-refractivity contribution in [1.82, 2.24) is 0 Å². The van der Waals surface area contributed by atoms with Crippen molar-refractivity contribution in [2.45, 2.75) is 31.5 Å². The topological polar surface area (TPSA) is 29.4 Å². The molecule has 1 aliphatic carbocycles. The molecule has 0 aromatic heterocycles. The van der Waals surface area contributed by atoms with E-state index in [1.807, 2.05) is 0 Å². The van der Waals surface area contributed by atoms with Crippen LogP contribution in [0.2, 0.25) is 0 Å². The number of rotatable bonds is 2. The first kappa shape index (κ1) is 11.9. The standard InChI is InChI=1S/C12H10F3NO/c1-8-6-9(12(13,14)15)2-3-10(8)11(4-5-11)16-7-17/h2-3,6H,4-5H2,1H3. The maximum absolute atomic E-state index is 12.5. The molecule has 0 atom stereocenters. The lowest BCUT2D eigenvalue weighted by Gasteiger charge is -2.14. The zero-order valence-electron chi connectivity index (χ0n) is 9.14. The predicted molar refractivity (Wildman–Crippen MR) is 55.2 cm³/mol. The van der Waals surface area contributed by atoms with Crippen LogP contribution in [0.15, 0.2) is 23.2 Å². The second-order valence-corrected chi connectivity index (χ2v) is 4.26. The molecule has 17 heavy (non-hydrogen) atoms. The van der Waals surface area contributed by atoms with Crippen molar-refractivity contribution in [3.8, 4) is 0 Å². The van der Waals surface area contributed by atoms with Gasteiger partial charge in [-0.3, -0.25) is 0 Å². The Bertz CT molecular complexity index is 497. The summed E-state index contributed by atoms with van der Waals surface area (Å²) in [6.45, 7) is 1.60. The first-order chi connectivity index (χ1) is 7.89. The summed E-state index contributed by atoms with van der Waals surface area (Å²) in [6.07, 6.45) is -1.47. The molecule has 0 radical (unpaired) electrons. The van der Waals surface area contributed by atoms with Gasteiger partial charge < -0.3 is 0 Å². The van der Waals surface area contributed by atoms with E-state index < -0.39 is 17.3 Å². The minimum atomic E-state index is -4.34. The summed E-state index contributed by atoms with van der Waals surface area (Å²) in [7, 11) is 0. The maximum Gasteiger partial charge on any atom is 0.416 e. The number of alkyl halides is 3. The Morgan fingerprint density at radius 1 is 1.35 bits per heavy atom. The number of hydrogen-bond donors (Lipinski definition) is 0. The minimum absolute atomic E-state index is 0.510. The molecular formula is C12H10F3NO. The number of aryl methyl sites for hydroxylation is 1. The van der Waals surface area contributed by atoms with Gasteiger partial charge in [0.25, 0.3) is 0 Å². The average Bonchev–Trinajstić information content (AvgIpc) is 2.97. The number of carbonyl (C=O) groups excluding carboxylic acids is 1. The molecule has 2 rings (SSSR count). The van der Waals surface area contributed by atoms with Gasteiger partial charge in [0.15, 0.2) is 0 Å². The van der Waals surface area contributed by atoms with Gasteiger partial charge in [0.05, 0.1) is 11.1 Å². The summed E-state index contributed by atoms with van der Waals surface area (Å²) in [6, 6.07) is 3.53. The second kappa shape index (κ2) is 3.70. The highest BCUT2D eigenvalue weighted by molar-refractivity contribution is 5.45. The summed E-state index contributed by atoms with van der Waals surface area (Å²) in [5.41, 5.74) is -0.0921. The molecule has 1 fully saturated rings. The first-order valence-corrected chi connectivity index (χ1v) is 5.16. The number of hydrogen-bond acceptors (Lipinski definition) is 2. The van der Waals surface area contributed by atoms with Gasteiger partial charge in [-0.25, -0.2) is 4.79 Å². The van der Waals surface area contributed by atoms with E-state index in [-0.39, 0.29) is 0 Å². The van der Waals surface area contributed by atoms with E-state index in [9.17, 15) is 18.0 Å².